The number of rotatable bonds is 4. The van der Waals surface area contributed by atoms with Gasteiger partial charge in [-0.05, 0) is 18.2 Å². The van der Waals surface area contributed by atoms with Gasteiger partial charge in [0.2, 0.25) is 5.91 Å². The molecule has 0 bridgehead atoms. The van der Waals surface area contributed by atoms with Crippen molar-refractivity contribution in [1.29, 1.82) is 0 Å². The molecule has 0 heterocycles. The minimum atomic E-state index is -4.66. The van der Waals surface area contributed by atoms with Crippen LogP contribution in [-0.4, -0.2) is 19.1 Å². The number of benzene rings is 1. The Morgan fingerprint density at radius 3 is 2.47 bits per heavy atom. The summed E-state index contributed by atoms with van der Waals surface area (Å²) < 4.78 is 42.8. The molecule has 4 N–H and O–H groups in total. The maximum absolute atomic E-state index is 12.6. The molecule has 0 aromatic heterocycles. The lowest BCUT2D eigenvalue weighted by atomic mass is 10.1. The SMILES string of the molecule is NCCOc1ccc(C(N)=O)c(C(F)(F)F)c1. The van der Waals surface area contributed by atoms with Gasteiger partial charge in [-0.15, -0.1) is 0 Å². The fourth-order valence-corrected chi connectivity index (χ4v) is 1.24. The Labute approximate surface area is 95.3 Å². The third kappa shape index (κ3) is 3.35. The number of hydrogen-bond donors (Lipinski definition) is 2. The summed E-state index contributed by atoms with van der Waals surface area (Å²) in [5, 5.41) is 0. The lowest BCUT2D eigenvalue weighted by Gasteiger charge is -2.13. The average molecular weight is 248 g/mol. The van der Waals surface area contributed by atoms with E-state index in [1.165, 1.54) is 6.07 Å². The van der Waals surface area contributed by atoms with E-state index in [2.05, 4.69) is 0 Å². The molecule has 0 unspecified atom stereocenters. The second-order valence-electron chi connectivity index (χ2n) is 3.21. The van der Waals surface area contributed by atoms with Crippen LogP contribution < -0.4 is 16.2 Å². The van der Waals surface area contributed by atoms with E-state index in [1.54, 1.807) is 0 Å². The van der Waals surface area contributed by atoms with Gasteiger partial charge in [-0.25, -0.2) is 0 Å². The summed E-state index contributed by atoms with van der Waals surface area (Å²) in [6.45, 7) is 0.270. The molecule has 94 valence electrons. The molecule has 0 saturated carbocycles. The number of amides is 1. The van der Waals surface area contributed by atoms with E-state index < -0.39 is 23.2 Å². The predicted molar refractivity (Wildman–Crippen MR) is 54.5 cm³/mol. The minimum Gasteiger partial charge on any atom is -0.492 e. The molecule has 1 amide bonds. The molecule has 0 radical (unpaired) electrons. The molecular weight excluding hydrogens is 237 g/mol. The van der Waals surface area contributed by atoms with Gasteiger partial charge >= 0.3 is 6.18 Å². The molecule has 0 aliphatic carbocycles. The molecular formula is C10H11F3N2O2. The standard InChI is InChI=1S/C10H11F3N2O2/c11-10(12,13)8-5-6(17-4-3-14)1-2-7(8)9(15)16/h1-2,5H,3-4,14H2,(H2,15,16). The Balaban J connectivity index is 3.15. The number of primary amides is 1. The van der Waals surface area contributed by atoms with E-state index >= 15 is 0 Å². The first kappa shape index (κ1) is 13.3. The van der Waals surface area contributed by atoms with Crippen LogP contribution in [0.15, 0.2) is 18.2 Å². The number of carbonyl (C=O) groups excluding carboxylic acids is 1. The van der Waals surface area contributed by atoms with Gasteiger partial charge in [-0.1, -0.05) is 0 Å². The molecule has 1 aromatic rings. The van der Waals surface area contributed by atoms with Crippen LogP contribution in [0, 0.1) is 0 Å². The van der Waals surface area contributed by atoms with Crippen LogP contribution in [0.1, 0.15) is 15.9 Å². The summed E-state index contributed by atoms with van der Waals surface area (Å²) in [5.74, 6) is -1.14. The molecule has 0 atom stereocenters. The van der Waals surface area contributed by atoms with Crippen molar-refractivity contribution in [2.75, 3.05) is 13.2 Å². The molecule has 0 aliphatic heterocycles. The van der Waals surface area contributed by atoms with Crippen LogP contribution in [0.4, 0.5) is 13.2 Å². The smallest absolute Gasteiger partial charge is 0.417 e. The van der Waals surface area contributed by atoms with Crippen LogP contribution in [0.3, 0.4) is 0 Å². The molecule has 17 heavy (non-hydrogen) atoms. The number of nitrogens with two attached hydrogens (primary N) is 2. The lowest BCUT2D eigenvalue weighted by molar-refractivity contribution is -0.138. The van der Waals surface area contributed by atoms with E-state index in [-0.39, 0.29) is 18.9 Å². The molecule has 4 nitrogen and oxygen atoms in total. The lowest BCUT2D eigenvalue weighted by Crippen LogP contribution is -2.19. The maximum Gasteiger partial charge on any atom is 0.417 e. The summed E-state index contributed by atoms with van der Waals surface area (Å²) in [4.78, 5) is 10.9. The van der Waals surface area contributed by atoms with Crippen molar-refractivity contribution in [3.8, 4) is 5.75 Å². The Bertz CT molecular complexity index is 419. The third-order valence-electron chi connectivity index (χ3n) is 1.95. The fraction of sp³-hybridized carbons (Fsp3) is 0.300. The summed E-state index contributed by atoms with van der Waals surface area (Å²) >= 11 is 0. The highest BCUT2D eigenvalue weighted by Gasteiger charge is 2.35. The van der Waals surface area contributed by atoms with Gasteiger partial charge in [0.15, 0.2) is 0 Å². The van der Waals surface area contributed by atoms with Gasteiger partial charge < -0.3 is 16.2 Å². The van der Waals surface area contributed by atoms with Crippen LogP contribution in [0.2, 0.25) is 0 Å². The second kappa shape index (κ2) is 5.05. The Morgan fingerprint density at radius 1 is 1.35 bits per heavy atom. The number of alkyl halides is 3. The van der Waals surface area contributed by atoms with Gasteiger partial charge in [0.25, 0.3) is 0 Å². The molecule has 1 rings (SSSR count). The van der Waals surface area contributed by atoms with Crippen molar-refractivity contribution < 1.29 is 22.7 Å². The van der Waals surface area contributed by atoms with Crippen LogP contribution in [-0.2, 0) is 6.18 Å². The second-order valence-corrected chi connectivity index (χ2v) is 3.21. The van der Waals surface area contributed by atoms with Crippen LogP contribution in [0.5, 0.6) is 5.75 Å². The average Bonchev–Trinajstić information content (AvgIpc) is 2.24. The zero-order valence-electron chi connectivity index (χ0n) is 8.75. The number of hydrogen-bond acceptors (Lipinski definition) is 3. The first-order chi connectivity index (χ1) is 7.86. The van der Waals surface area contributed by atoms with Gasteiger partial charge in [-0.2, -0.15) is 13.2 Å². The fourth-order valence-electron chi connectivity index (χ4n) is 1.24. The van der Waals surface area contributed by atoms with Crippen molar-refractivity contribution in [2.24, 2.45) is 11.5 Å². The number of halogens is 3. The monoisotopic (exact) mass is 248 g/mol. The zero-order chi connectivity index (χ0) is 13.1. The molecule has 0 aliphatic rings. The largest absolute Gasteiger partial charge is 0.492 e. The van der Waals surface area contributed by atoms with Gasteiger partial charge in [0.05, 0.1) is 11.1 Å². The quantitative estimate of drug-likeness (QED) is 0.838. The molecule has 1 aromatic carbocycles. The van der Waals surface area contributed by atoms with E-state index in [4.69, 9.17) is 16.2 Å². The summed E-state index contributed by atoms with van der Waals surface area (Å²) in [6, 6.07) is 2.96. The third-order valence-corrected chi connectivity index (χ3v) is 1.95. The van der Waals surface area contributed by atoms with E-state index in [9.17, 15) is 18.0 Å². The normalized spacial score (nSPS) is 11.3. The summed E-state index contributed by atoms with van der Waals surface area (Å²) in [6.07, 6.45) is -4.66. The predicted octanol–water partition coefficient (Wildman–Crippen LogP) is 1.14. The first-order valence-corrected chi connectivity index (χ1v) is 4.70. The Morgan fingerprint density at radius 2 is 2.00 bits per heavy atom. The van der Waals surface area contributed by atoms with Crippen LogP contribution >= 0.6 is 0 Å². The van der Waals surface area contributed by atoms with Gasteiger partial charge in [-0.3, -0.25) is 4.79 Å². The van der Waals surface area contributed by atoms with Crippen molar-refractivity contribution >= 4 is 5.91 Å². The minimum absolute atomic E-state index is 0.00669. The van der Waals surface area contributed by atoms with E-state index in [0.717, 1.165) is 12.1 Å². The summed E-state index contributed by atoms with van der Waals surface area (Å²) in [5.41, 5.74) is 8.32. The van der Waals surface area contributed by atoms with E-state index in [1.807, 2.05) is 0 Å². The topological polar surface area (TPSA) is 78.3 Å². The number of ether oxygens (including phenoxy) is 1. The van der Waals surface area contributed by atoms with Gasteiger partial charge in [0.1, 0.15) is 12.4 Å². The highest BCUT2D eigenvalue weighted by molar-refractivity contribution is 5.94. The Hall–Kier alpha value is -1.76. The maximum atomic E-state index is 12.6. The molecule has 7 heteroatoms. The van der Waals surface area contributed by atoms with Crippen molar-refractivity contribution in [3.05, 3.63) is 29.3 Å². The first-order valence-electron chi connectivity index (χ1n) is 4.70. The zero-order valence-corrected chi connectivity index (χ0v) is 8.75. The molecule has 0 saturated heterocycles. The van der Waals surface area contributed by atoms with Gasteiger partial charge in [0, 0.05) is 6.54 Å². The van der Waals surface area contributed by atoms with E-state index in [0.29, 0.717) is 0 Å². The van der Waals surface area contributed by atoms with Crippen molar-refractivity contribution in [1.82, 2.24) is 0 Å². The number of carbonyl (C=O) groups is 1. The molecule has 0 spiro atoms. The highest BCUT2D eigenvalue weighted by atomic mass is 19.4. The molecule has 0 fully saturated rings. The van der Waals surface area contributed by atoms with Crippen molar-refractivity contribution in [2.45, 2.75) is 6.18 Å². The Kier molecular flexibility index (Phi) is 3.95. The van der Waals surface area contributed by atoms with Crippen molar-refractivity contribution in [3.63, 3.8) is 0 Å². The highest BCUT2D eigenvalue weighted by Crippen LogP contribution is 2.34. The van der Waals surface area contributed by atoms with Crippen LogP contribution in [0.25, 0.3) is 0 Å². The summed E-state index contributed by atoms with van der Waals surface area (Å²) in [7, 11) is 0.